The highest BCUT2D eigenvalue weighted by atomic mass is 16.5. The van der Waals surface area contributed by atoms with Crippen molar-refractivity contribution in [1.82, 2.24) is 5.32 Å². The number of carbonyl (C=O) groups excluding carboxylic acids is 1. The molecule has 1 amide bonds. The summed E-state index contributed by atoms with van der Waals surface area (Å²) in [6, 6.07) is 13.2. The van der Waals surface area contributed by atoms with Gasteiger partial charge in [-0.25, -0.2) is 0 Å². The van der Waals surface area contributed by atoms with Crippen molar-refractivity contribution in [3.05, 3.63) is 53.6 Å². The number of benzene rings is 2. The minimum Gasteiger partial charge on any atom is -0.508 e. The summed E-state index contributed by atoms with van der Waals surface area (Å²) >= 11 is 0. The number of quaternary nitrogens is 1. The van der Waals surface area contributed by atoms with E-state index in [4.69, 9.17) is 9.47 Å². The van der Waals surface area contributed by atoms with Crippen LogP contribution in [0.2, 0.25) is 0 Å². The van der Waals surface area contributed by atoms with Gasteiger partial charge >= 0.3 is 0 Å². The topological polar surface area (TPSA) is 120 Å². The number of hydrogen-bond donors (Lipinski definition) is 5. The number of aliphatic hydroxyl groups excluding tert-OH is 1. The summed E-state index contributed by atoms with van der Waals surface area (Å²) in [7, 11) is 0. The van der Waals surface area contributed by atoms with E-state index in [9.17, 15) is 20.1 Å². The fourth-order valence-electron chi connectivity index (χ4n) is 8.92. The normalized spacial score (nSPS) is 25.7. The minimum absolute atomic E-state index is 0.0148. The zero-order chi connectivity index (χ0) is 33.4. The second-order valence-corrected chi connectivity index (χ2v) is 15.1. The molecule has 3 atom stereocenters. The lowest BCUT2D eigenvalue weighted by Gasteiger charge is -2.53. The first kappa shape index (κ1) is 35.1. The molecule has 5 aliphatic rings. The molecule has 4 heterocycles. The van der Waals surface area contributed by atoms with Gasteiger partial charge in [-0.3, -0.25) is 4.79 Å². The first-order valence-electron chi connectivity index (χ1n) is 18.8. The van der Waals surface area contributed by atoms with Gasteiger partial charge < -0.3 is 39.9 Å². The fraction of sp³-hybridized carbons (Fsp3) is 0.667. The van der Waals surface area contributed by atoms with Crippen LogP contribution >= 0.6 is 0 Å². The zero-order valence-electron chi connectivity index (χ0n) is 28.7. The van der Waals surface area contributed by atoms with E-state index >= 15 is 0 Å². The molecule has 5 N–H and O–H groups in total. The quantitative estimate of drug-likeness (QED) is 0.101. The Morgan fingerprint density at radius 2 is 1.69 bits per heavy atom. The van der Waals surface area contributed by atoms with Crippen LogP contribution in [0, 0.1) is 11.8 Å². The Hall–Kier alpha value is -2.69. The lowest BCUT2D eigenvalue weighted by Crippen LogP contribution is -2.64. The first-order valence-corrected chi connectivity index (χ1v) is 18.8. The first-order chi connectivity index (χ1) is 23.4. The summed E-state index contributed by atoms with van der Waals surface area (Å²) in [5.41, 5.74) is 1.02. The predicted molar refractivity (Wildman–Crippen MR) is 187 cm³/mol. The van der Waals surface area contributed by atoms with Crippen LogP contribution in [0.5, 0.6) is 11.5 Å². The number of phenolic OH excluding ortho intramolecular Hbond substituents is 1. The van der Waals surface area contributed by atoms with Gasteiger partial charge in [-0.05, 0) is 56.2 Å². The average molecular weight is 665 g/mol. The molecule has 4 fully saturated rings. The van der Waals surface area contributed by atoms with Gasteiger partial charge in [0.15, 0.2) is 6.61 Å². The number of phenols is 1. The van der Waals surface area contributed by atoms with E-state index in [-0.39, 0.29) is 30.3 Å². The number of hydrogen-bond acceptors (Lipinski definition) is 7. The molecule has 2 aromatic carbocycles. The minimum atomic E-state index is -0.880. The van der Waals surface area contributed by atoms with Crippen molar-refractivity contribution in [2.45, 2.75) is 101 Å². The third-order valence-corrected chi connectivity index (χ3v) is 11.8. The van der Waals surface area contributed by atoms with Gasteiger partial charge in [0.05, 0.1) is 38.0 Å². The maximum atomic E-state index is 12.0. The van der Waals surface area contributed by atoms with Crippen LogP contribution in [0.15, 0.2) is 42.5 Å². The highest BCUT2D eigenvalue weighted by Gasteiger charge is 2.48. The van der Waals surface area contributed by atoms with Crippen LogP contribution in [0.3, 0.4) is 0 Å². The second kappa shape index (κ2) is 16.3. The molecular weight excluding hydrogens is 606 g/mol. The monoisotopic (exact) mass is 664 g/mol. The number of nitrogens with one attached hydrogen (secondary N) is 2. The summed E-state index contributed by atoms with van der Waals surface area (Å²) < 4.78 is 13.5. The van der Waals surface area contributed by atoms with Crippen LogP contribution in [0.4, 0.5) is 5.69 Å². The summed E-state index contributed by atoms with van der Waals surface area (Å²) in [6.07, 6.45) is 15.1. The molecule has 2 aromatic rings. The second-order valence-electron chi connectivity index (χ2n) is 15.1. The Bertz CT molecular complexity index is 1330. The van der Waals surface area contributed by atoms with Gasteiger partial charge in [0.2, 0.25) is 0 Å². The van der Waals surface area contributed by atoms with E-state index in [1.807, 2.05) is 18.2 Å². The van der Waals surface area contributed by atoms with E-state index in [0.29, 0.717) is 36.1 Å². The molecule has 2 bridgehead atoms. The molecule has 9 heteroatoms. The standard InChI is InChI=1S/C39H57N3O6/c43-32-23-33(38-34(24-32)41-37(45)27-47-38)35(44)25-40-19-11-4-2-1-3-5-12-20-42-21-17-29(18-22-42)36(26-42)48-28-39(46,31-15-9-10-16-31)30-13-7-6-8-14-30/h6-8,13-14,23-24,29,31,35-36,40,44,46H,1-5,9-12,15-22,25-28H2,(H-,41,43,45)/p+1/t29?,35-,36-,39?,42?/m0/s1. The Morgan fingerprint density at radius 3 is 2.44 bits per heavy atom. The number of anilines is 1. The van der Waals surface area contributed by atoms with Gasteiger partial charge in [-0.1, -0.05) is 68.9 Å². The predicted octanol–water partition coefficient (Wildman–Crippen LogP) is 5.78. The fourth-order valence-corrected chi connectivity index (χ4v) is 8.92. The van der Waals surface area contributed by atoms with Crippen LogP contribution < -0.4 is 15.4 Å². The molecule has 7 rings (SSSR count). The largest absolute Gasteiger partial charge is 0.508 e. The Kier molecular flexibility index (Phi) is 12.0. The van der Waals surface area contributed by atoms with Crippen LogP contribution in [-0.4, -0.2) is 84.3 Å². The molecule has 1 aliphatic carbocycles. The SMILES string of the molecule is O=C1COc2c(cc(O)cc2[C@@H](O)CNCCCCCCCCC[N+]23CCC(CC2)[C@@H](OCC(O)(c2ccccc2)C2CCCC2)C3)N1. The molecule has 0 aromatic heterocycles. The molecule has 1 unspecified atom stereocenters. The number of aromatic hydroxyl groups is 1. The smallest absolute Gasteiger partial charge is 0.262 e. The van der Waals surface area contributed by atoms with Crippen LogP contribution in [-0.2, 0) is 15.1 Å². The molecule has 1 saturated carbocycles. The van der Waals surface area contributed by atoms with Crippen molar-refractivity contribution >= 4 is 11.6 Å². The third kappa shape index (κ3) is 8.53. The van der Waals surface area contributed by atoms with Crippen molar-refractivity contribution < 1.29 is 34.1 Å². The Balaban J connectivity index is 0.848. The number of aliphatic hydroxyl groups is 2. The summed E-state index contributed by atoms with van der Waals surface area (Å²) in [6.45, 7) is 6.45. The van der Waals surface area contributed by atoms with E-state index in [2.05, 4.69) is 22.8 Å². The van der Waals surface area contributed by atoms with E-state index in [1.54, 1.807) is 0 Å². The van der Waals surface area contributed by atoms with Crippen molar-refractivity contribution in [3.63, 3.8) is 0 Å². The maximum Gasteiger partial charge on any atom is 0.262 e. The maximum absolute atomic E-state index is 12.0. The molecule has 4 aliphatic heterocycles. The van der Waals surface area contributed by atoms with Gasteiger partial charge in [-0.2, -0.15) is 0 Å². The van der Waals surface area contributed by atoms with Gasteiger partial charge in [0.1, 0.15) is 29.7 Å². The molecule has 264 valence electrons. The van der Waals surface area contributed by atoms with Gasteiger partial charge in [-0.15, -0.1) is 0 Å². The van der Waals surface area contributed by atoms with Gasteiger partial charge in [0, 0.05) is 36.9 Å². The number of ether oxygens (including phenoxy) is 2. The zero-order valence-corrected chi connectivity index (χ0v) is 28.7. The average Bonchev–Trinajstić information content (AvgIpc) is 3.66. The summed E-state index contributed by atoms with van der Waals surface area (Å²) in [5, 5.41) is 38.7. The molecule has 0 radical (unpaired) electrons. The van der Waals surface area contributed by atoms with Crippen molar-refractivity contribution in [2.24, 2.45) is 11.8 Å². The molecular formula is C39H58N3O6+. The van der Waals surface area contributed by atoms with Crippen molar-refractivity contribution in [3.8, 4) is 11.5 Å². The Morgan fingerprint density at radius 1 is 0.979 bits per heavy atom. The van der Waals surface area contributed by atoms with Crippen LogP contribution in [0.25, 0.3) is 0 Å². The number of fused-ring (bicyclic) bond motifs is 4. The van der Waals surface area contributed by atoms with Crippen molar-refractivity contribution in [2.75, 3.05) is 57.8 Å². The van der Waals surface area contributed by atoms with Crippen molar-refractivity contribution in [1.29, 1.82) is 0 Å². The highest BCUT2D eigenvalue weighted by Crippen LogP contribution is 2.43. The number of piperidine rings is 3. The Labute approximate surface area is 286 Å². The molecule has 9 nitrogen and oxygen atoms in total. The molecule has 48 heavy (non-hydrogen) atoms. The van der Waals surface area contributed by atoms with E-state index in [1.165, 1.54) is 94.0 Å². The molecule has 0 spiro atoms. The number of nitrogens with zero attached hydrogens (tertiary/aromatic N) is 1. The van der Waals surface area contributed by atoms with Crippen LogP contribution in [0.1, 0.15) is 101 Å². The summed E-state index contributed by atoms with van der Waals surface area (Å²) in [4.78, 5) is 11.6. The summed E-state index contributed by atoms with van der Waals surface area (Å²) in [5.74, 6) is 1.07. The third-order valence-electron chi connectivity index (χ3n) is 11.8. The number of rotatable bonds is 18. The number of unbranched alkanes of at least 4 members (excludes halogenated alkanes) is 6. The lowest BCUT2D eigenvalue weighted by molar-refractivity contribution is -0.946. The van der Waals surface area contributed by atoms with Gasteiger partial charge in [0.25, 0.3) is 5.91 Å². The number of carbonyl (C=O) groups is 1. The van der Waals surface area contributed by atoms with E-state index < -0.39 is 11.7 Å². The molecule has 3 saturated heterocycles. The van der Waals surface area contributed by atoms with E-state index in [0.717, 1.165) is 44.3 Å². The lowest BCUT2D eigenvalue weighted by atomic mass is 9.80. The highest BCUT2D eigenvalue weighted by molar-refractivity contribution is 5.96. The number of amides is 1.